The van der Waals surface area contributed by atoms with E-state index in [-0.39, 0.29) is 17.3 Å². The predicted molar refractivity (Wildman–Crippen MR) is 102 cm³/mol. The first-order valence-electron chi connectivity index (χ1n) is 8.67. The van der Waals surface area contributed by atoms with Crippen LogP contribution in [0.1, 0.15) is 35.2 Å². The molecule has 0 fully saturated rings. The van der Waals surface area contributed by atoms with Crippen molar-refractivity contribution >= 4 is 29.5 Å². The molecule has 0 bridgehead atoms. The van der Waals surface area contributed by atoms with E-state index < -0.39 is 5.56 Å². The summed E-state index contributed by atoms with van der Waals surface area (Å²) in [6.07, 6.45) is 8.01. The first kappa shape index (κ1) is 16.1. The number of anilines is 1. The second-order valence-electron chi connectivity index (χ2n) is 6.56. The molecule has 6 heteroatoms. The minimum absolute atomic E-state index is 0.0737. The molecule has 0 saturated heterocycles. The summed E-state index contributed by atoms with van der Waals surface area (Å²) in [6, 6.07) is 4.37. The van der Waals surface area contributed by atoms with Gasteiger partial charge < -0.3 is 14.6 Å². The standard InChI is InChI=1S/C20H17N5O/c1-21-18-19(22-2)24-20(26)16(23-18)8-7-13-11-14-5-3-9-25-10-4-6-15(12-13)17(14)25/h7-8,11-12H,3-6,9-10H2,(H,24,26)/b8-7+. The monoisotopic (exact) mass is 343 g/mol. The fourth-order valence-corrected chi connectivity index (χ4v) is 3.82. The highest BCUT2D eigenvalue weighted by atomic mass is 16.1. The van der Waals surface area contributed by atoms with Crippen LogP contribution in [0.3, 0.4) is 0 Å². The summed E-state index contributed by atoms with van der Waals surface area (Å²) in [5, 5.41) is 0. The molecule has 2 aromatic rings. The molecule has 4 rings (SSSR count). The van der Waals surface area contributed by atoms with Crippen LogP contribution in [0.4, 0.5) is 17.3 Å². The highest BCUT2D eigenvalue weighted by molar-refractivity contribution is 5.74. The lowest BCUT2D eigenvalue weighted by molar-refractivity contribution is 0.634. The van der Waals surface area contributed by atoms with Gasteiger partial charge in [-0.1, -0.05) is 19.2 Å². The van der Waals surface area contributed by atoms with Crippen molar-refractivity contribution in [2.45, 2.75) is 25.7 Å². The molecule has 2 aliphatic heterocycles. The van der Waals surface area contributed by atoms with E-state index in [1.807, 2.05) is 6.08 Å². The maximum absolute atomic E-state index is 12.1. The Balaban J connectivity index is 1.72. The fraction of sp³-hybridized carbons (Fsp3) is 0.300. The highest BCUT2D eigenvalue weighted by Gasteiger charge is 2.23. The van der Waals surface area contributed by atoms with Crippen LogP contribution in [0, 0.1) is 13.1 Å². The van der Waals surface area contributed by atoms with Gasteiger partial charge in [0.1, 0.15) is 0 Å². The Hall–Kier alpha value is -3.38. The normalized spacial score (nSPS) is 15.4. The smallest absolute Gasteiger partial charge is 0.365 e. The first-order chi connectivity index (χ1) is 12.7. The van der Waals surface area contributed by atoms with Gasteiger partial charge in [0.2, 0.25) is 5.69 Å². The van der Waals surface area contributed by atoms with E-state index in [1.165, 1.54) is 29.7 Å². The van der Waals surface area contributed by atoms with Crippen molar-refractivity contribution in [1.29, 1.82) is 0 Å². The van der Waals surface area contributed by atoms with Crippen molar-refractivity contribution in [3.05, 3.63) is 67.7 Å². The van der Waals surface area contributed by atoms with E-state index in [9.17, 15) is 4.79 Å². The number of hydrogen-bond acceptors (Lipinski definition) is 3. The number of rotatable bonds is 2. The predicted octanol–water partition coefficient (Wildman–Crippen LogP) is 3.74. The third-order valence-corrected chi connectivity index (χ3v) is 4.91. The summed E-state index contributed by atoms with van der Waals surface area (Å²) >= 11 is 0. The number of nitrogens with one attached hydrogen (secondary N) is 1. The van der Waals surface area contributed by atoms with Crippen molar-refractivity contribution < 1.29 is 0 Å². The Morgan fingerprint density at radius 3 is 2.38 bits per heavy atom. The molecule has 3 heterocycles. The average molecular weight is 343 g/mol. The van der Waals surface area contributed by atoms with Gasteiger partial charge in [-0.15, -0.1) is 4.98 Å². The lowest BCUT2D eigenvalue weighted by Gasteiger charge is -2.37. The quantitative estimate of drug-likeness (QED) is 0.845. The van der Waals surface area contributed by atoms with Crippen LogP contribution in [0.25, 0.3) is 21.8 Å². The summed E-state index contributed by atoms with van der Waals surface area (Å²) in [4.78, 5) is 27.4. The topological polar surface area (TPSA) is 57.7 Å². The molecule has 0 saturated carbocycles. The van der Waals surface area contributed by atoms with Gasteiger partial charge in [-0.3, -0.25) is 4.98 Å². The van der Waals surface area contributed by atoms with Gasteiger partial charge >= 0.3 is 5.56 Å². The Morgan fingerprint density at radius 2 is 1.77 bits per heavy atom. The molecule has 0 aliphatic carbocycles. The van der Waals surface area contributed by atoms with Crippen LogP contribution in [0.15, 0.2) is 16.9 Å². The molecule has 0 atom stereocenters. The number of H-pyrrole nitrogens is 1. The number of nitrogens with zero attached hydrogens (tertiary/aromatic N) is 4. The molecule has 2 aliphatic rings. The minimum atomic E-state index is -0.454. The van der Waals surface area contributed by atoms with Crippen molar-refractivity contribution in [2.75, 3.05) is 18.0 Å². The van der Waals surface area contributed by atoms with Crippen molar-refractivity contribution in [2.24, 2.45) is 0 Å². The van der Waals surface area contributed by atoms with Crippen molar-refractivity contribution in [3.8, 4) is 0 Å². The van der Waals surface area contributed by atoms with Gasteiger partial charge in [0.05, 0.1) is 0 Å². The molecule has 1 aromatic carbocycles. The zero-order valence-electron chi connectivity index (χ0n) is 14.2. The van der Waals surface area contributed by atoms with Crippen LogP contribution in [-0.4, -0.2) is 23.1 Å². The van der Waals surface area contributed by atoms with Crippen LogP contribution >= 0.6 is 0 Å². The van der Waals surface area contributed by atoms with Gasteiger partial charge in [0.15, 0.2) is 0 Å². The number of aromatic nitrogens is 2. The Bertz CT molecular complexity index is 1020. The van der Waals surface area contributed by atoms with Crippen molar-refractivity contribution in [1.82, 2.24) is 9.97 Å². The van der Waals surface area contributed by atoms with Gasteiger partial charge in [0, 0.05) is 18.8 Å². The number of hydrogen-bond donors (Lipinski definition) is 1. The zero-order chi connectivity index (χ0) is 18.1. The second-order valence-corrected chi connectivity index (χ2v) is 6.56. The molecule has 6 nitrogen and oxygen atoms in total. The molecular weight excluding hydrogens is 326 g/mol. The van der Waals surface area contributed by atoms with Crippen LogP contribution in [0.5, 0.6) is 0 Å². The third-order valence-electron chi connectivity index (χ3n) is 4.91. The van der Waals surface area contributed by atoms with Crippen LogP contribution in [-0.2, 0) is 12.8 Å². The Morgan fingerprint density at radius 1 is 1.08 bits per heavy atom. The van der Waals surface area contributed by atoms with Crippen LogP contribution < -0.4 is 10.5 Å². The molecule has 26 heavy (non-hydrogen) atoms. The van der Waals surface area contributed by atoms with Gasteiger partial charge in [0.25, 0.3) is 11.6 Å². The molecule has 1 aromatic heterocycles. The molecular formula is C20H17N5O. The Kier molecular flexibility index (Phi) is 4.02. The largest absolute Gasteiger partial charge is 0.373 e. The van der Waals surface area contributed by atoms with E-state index in [0.717, 1.165) is 31.5 Å². The molecule has 128 valence electrons. The maximum atomic E-state index is 12.1. The summed E-state index contributed by atoms with van der Waals surface area (Å²) in [5.74, 6) is -0.184. The lowest BCUT2D eigenvalue weighted by Crippen LogP contribution is -2.34. The average Bonchev–Trinajstić information content (AvgIpc) is 2.67. The maximum Gasteiger partial charge on any atom is 0.365 e. The fourth-order valence-electron chi connectivity index (χ4n) is 3.82. The minimum Gasteiger partial charge on any atom is -0.373 e. The Labute approximate surface area is 151 Å². The summed E-state index contributed by atoms with van der Waals surface area (Å²) in [6.45, 7) is 16.4. The van der Waals surface area contributed by atoms with Crippen LogP contribution in [0.2, 0.25) is 0 Å². The van der Waals surface area contributed by atoms with E-state index in [0.29, 0.717) is 0 Å². The number of benzene rings is 1. The summed E-state index contributed by atoms with van der Waals surface area (Å²) in [7, 11) is 0. The summed E-state index contributed by atoms with van der Waals surface area (Å²) in [5.41, 5.74) is 4.90. The molecule has 1 N–H and O–H groups in total. The van der Waals surface area contributed by atoms with Gasteiger partial charge in [-0.25, -0.2) is 4.79 Å². The van der Waals surface area contributed by atoms with E-state index in [1.54, 1.807) is 6.08 Å². The zero-order valence-corrected chi connectivity index (χ0v) is 14.2. The summed E-state index contributed by atoms with van der Waals surface area (Å²) < 4.78 is 0. The van der Waals surface area contributed by atoms with E-state index >= 15 is 0 Å². The highest BCUT2D eigenvalue weighted by Crippen LogP contribution is 2.36. The molecule has 0 amide bonds. The van der Waals surface area contributed by atoms with E-state index in [2.05, 4.69) is 36.7 Å². The molecule has 0 radical (unpaired) electrons. The number of aryl methyl sites for hydroxylation is 2. The second kappa shape index (κ2) is 6.50. The molecule has 0 spiro atoms. The third kappa shape index (κ3) is 2.76. The molecule has 0 unspecified atom stereocenters. The van der Waals surface area contributed by atoms with Crippen molar-refractivity contribution in [3.63, 3.8) is 0 Å². The lowest BCUT2D eigenvalue weighted by atomic mass is 9.90. The van der Waals surface area contributed by atoms with Gasteiger partial charge in [-0.05, 0) is 60.6 Å². The van der Waals surface area contributed by atoms with Gasteiger partial charge in [-0.2, -0.15) is 0 Å². The SMILES string of the molecule is [C-]#[N+]c1nc(/C=C/c2cc3c4c(c2)CCCN4CCC3)c(=O)[nH]c1[N+]#[C-]. The first-order valence-corrected chi connectivity index (χ1v) is 8.67. The number of aromatic amines is 1. The van der Waals surface area contributed by atoms with E-state index in [4.69, 9.17) is 13.1 Å².